The highest BCUT2D eigenvalue weighted by Gasteiger charge is 2.12. The fourth-order valence-corrected chi connectivity index (χ4v) is 0.712. The molecular weight excluding hydrogens is 192 g/mol. The number of anilines is 1. The van der Waals surface area contributed by atoms with Crippen LogP contribution in [-0.2, 0) is 4.79 Å². The Morgan fingerprint density at radius 3 is 2.71 bits per heavy atom. The normalized spacial score (nSPS) is 12.1. The van der Waals surface area contributed by atoms with E-state index in [4.69, 9.17) is 5.11 Å². The number of aromatic amines is 2. The molecule has 1 aromatic heterocycles. The van der Waals surface area contributed by atoms with Gasteiger partial charge in [-0.3, -0.25) is 14.6 Å². The number of nitrogens with one attached hydrogen (secondary N) is 3. The lowest BCUT2D eigenvalue weighted by Crippen LogP contribution is -2.33. The smallest absolute Gasteiger partial charge is 0.342 e. The third-order valence-electron chi connectivity index (χ3n) is 1.44. The van der Waals surface area contributed by atoms with Gasteiger partial charge in [-0.2, -0.15) is 0 Å². The van der Waals surface area contributed by atoms with Crippen molar-refractivity contribution < 1.29 is 9.90 Å². The highest BCUT2D eigenvalue weighted by molar-refractivity contribution is 5.76. The van der Waals surface area contributed by atoms with Crippen molar-refractivity contribution in [2.24, 2.45) is 0 Å². The Labute approximate surface area is 77.0 Å². The number of nitrogens with zero attached hydrogens (tertiary/aromatic N) is 1. The van der Waals surface area contributed by atoms with Gasteiger partial charge in [-0.05, 0) is 6.92 Å². The third-order valence-corrected chi connectivity index (χ3v) is 1.44. The molecule has 0 saturated carbocycles. The van der Waals surface area contributed by atoms with Crippen molar-refractivity contribution in [2.75, 3.05) is 5.32 Å². The SMILES string of the molecule is CC(Nc1n[nH]c(=O)[nH]c1=O)C(=O)O. The lowest BCUT2D eigenvalue weighted by molar-refractivity contribution is -0.137. The minimum absolute atomic E-state index is 0.237. The molecule has 1 heterocycles. The van der Waals surface area contributed by atoms with Gasteiger partial charge in [0.25, 0.3) is 5.56 Å². The Morgan fingerprint density at radius 2 is 2.21 bits per heavy atom. The van der Waals surface area contributed by atoms with Crippen LogP contribution in [0.5, 0.6) is 0 Å². The van der Waals surface area contributed by atoms with Crippen molar-refractivity contribution >= 4 is 11.8 Å². The Balaban J connectivity index is 2.93. The molecule has 0 aliphatic carbocycles. The molecule has 0 saturated heterocycles. The van der Waals surface area contributed by atoms with E-state index in [-0.39, 0.29) is 5.82 Å². The highest BCUT2D eigenvalue weighted by atomic mass is 16.4. The second-order valence-electron chi connectivity index (χ2n) is 2.56. The summed E-state index contributed by atoms with van der Waals surface area (Å²) < 4.78 is 0. The summed E-state index contributed by atoms with van der Waals surface area (Å²) in [4.78, 5) is 33.9. The molecule has 1 aromatic rings. The summed E-state index contributed by atoms with van der Waals surface area (Å²) in [7, 11) is 0. The molecule has 0 spiro atoms. The summed E-state index contributed by atoms with van der Waals surface area (Å²) >= 11 is 0. The summed E-state index contributed by atoms with van der Waals surface area (Å²) in [5.41, 5.74) is -1.51. The van der Waals surface area contributed by atoms with E-state index in [0.29, 0.717) is 0 Å². The third kappa shape index (κ3) is 2.19. The zero-order chi connectivity index (χ0) is 10.7. The van der Waals surface area contributed by atoms with Crippen LogP contribution in [0.1, 0.15) is 6.92 Å². The van der Waals surface area contributed by atoms with E-state index >= 15 is 0 Å². The molecule has 76 valence electrons. The van der Waals surface area contributed by atoms with Gasteiger partial charge in [0.05, 0.1) is 0 Å². The molecule has 0 amide bonds. The number of carbonyl (C=O) groups is 1. The second kappa shape index (κ2) is 3.73. The van der Waals surface area contributed by atoms with Crippen LogP contribution in [0.15, 0.2) is 9.59 Å². The molecule has 0 aliphatic heterocycles. The number of hydrogen-bond donors (Lipinski definition) is 4. The number of aliphatic carboxylic acids is 1. The molecule has 1 rings (SSSR count). The van der Waals surface area contributed by atoms with Crippen LogP contribution in [0.4, 0.5) is 5.82 Å². The fourth-order valence-electron chi connectivity index (χ4n) is 0.712. The first-order valence-corrected chi connectivity index (χ1v) is 3.69. The average molecular weight is 200 g/mol. The first-order valence-electron chi connectivity index (χ1n) is 3.69. The lowest BCUT2D eigenvalue weighted by Gasteiger charge is -2.07. The van der Waals surface area contributed by atoms with Gasteiger partial charge in [0, 0.05) is 0 Å². The van der Waals surface area contributed by atoms with Crippen molar-refractivity contribution in [1.29, 1.82) is 0 Å². The predicted octanol–water partition coefficient (Wildman–Crippen LogP) is -1.66. The van der Waals surface area contributed by atoms with Crippen LogP contribution in [0.2, 0.25) is 0 Å². The van der Waals surface area contributed by atoms with Crippen LogP contribution >= 0.6 is 0 Å². The number of carboxylic acids is 1. The minimum atomic E-state index is -1.13. The zero-order valence-electron chi connectivity index (χ0n) is 7.20. The predicted molar refractivity (Wildman–Crippen MR) is 46.2 cm³/mol. The largest absolute Gasteiger partial charge is 0.480 e. The molecule has 8 nitrogen and oxygen atoms in total. The molecule has 0 aromatic carbocycles. The minimum Gasteiger partial charge on any atom is -0.480 e. The first kappa shape index (κ1) is 9.96. The monoisotopic (exact) mass is 200 g/mol. The van der Waals surface area contributed by atoms with Crippen molar-refractivity contribution in [3.63, 3.8) is 0 Å². The van der Waals surface area contributed by atoms with Gasteiger partial charge in [0.1, 0.15) is 6.04 Å². The zero-order valence-corrected chi connectivity index (χ0v) is 7.20. The fraction of sp³-hybridized carbons (Fsp3) is 0.333. The quantitative estimate of drug-likeness (QED) is 0.462. The van der Waals surface area contributed by atoms with Gasteiger partial charge in [-0.25, -0.2) is 9.89 Å². The molecule has 14 heavy (non-hydrogen) atoms. The first-order chi connectivity index (χ1) is 6.50. The van der Waals surface area contributed by atoms with E-state index in [1.165, 1.54) is 6.92 Å². The summed E-state index contributed by atoms with van der Waals surface area (Å²) in [6.07, 6.45) is 0. The maximum absolute atomic E-state index is 11.0. The van der Waals surface area contributed by atoms with Gasteiger partial charge in [0.2, 0.25) is 5.82 Å². The topological polar surface area (TPSA) is 128 Å². The van der Waals surface area contributed by atoms with Gasteiger partial charge in [-0.15, -0.1) is 5.10 Å². The number of hydrogen-bond acceptors (Lipinski definition) is 5. The standard InChI is InChI=1S/C6H8N4O4/c1-2(5(12)13)7-3-4(11)8-6(14)10-9-3/h2H,1H3,(H,7,9)(H,12,13)(H2,8,10,11,14). The summed E-state index contributed by atoms with van der Waals surface area (Å²) in [5, 5.41) is 16.1. The molecule has 4 N–H and O–H groups in total. The number of aromatic nitrogens is 3. The van der Waals surface area contributed by atoms with E-state index in [1.807, 2.05) is 10.1 Å². The van der Waals surface area contributed by atoms with Gasteiger partial charge < -0.3 is 10.4 Å². The van der Waals surface area contributed by atoms with Gasteiger partial charge in [-0.1, -0.05) is 0 Å². The molecule has 0 fully saturated rings. The maximum atomic E-state index is 11.0. The molecule has 1 unspecified atom stereocenters. The van der Waals surface area contributed by atoms with Crippen molar-refractivity contribution in [1.82, 2.24) is 15.2 Å². The second-order valence-corrected chi connectivity index (χ2v) is 2.56. The van der Waals surface area contributed by atoms with Crippen LogP contribution in [-0.4, -0.2) is 32.3 Å². The highest BCUT2D eigenvalue weighted by Crippen LogP contribution is 1.92. The molecule has 0 aliphatic rings. The number of carboxylic acid groups (broad SMARTS) is 1. The summed E-state index contributed by atoms with van der Waals surface area (Å²) in [6.45, 7) is 1.34. The molecule has 0 bridgehead atoms. The Bertz CT molecular complexity index is 448. The van der Waals surface area contributed by atoms with E-state index in [2.05, 4.69) is 10.4 Å². The molecular formula is C6H8N4O4. The molecule has 8 heteroatoms. The number of rotatable bonds is 3. The molecule has 0 radical (unpaired) electrons. The van der Waals surface area contributed by atoms with E-state index in [0.717, 1.165) is 0 Å². The van der Waals surface area contributed by atoms with Crippen molar-refractivity contribution in [2.45, 2.75) is 13.0 Å². The van der Waals surface area contributed by atoms with Gasteiger partial charge in [0.15, 0.2) is 0 Å². The summed E-state index contributed by atoms with van der Waals surface area (Å²) in [5.74, 6) is -1.36. The maximum Gasteiger partial charge on any atom is 0.342 e. The van der Waals surface area contributed by atoms with Crippen molar-refractivity contribution in [3.05, 3.63) is 20.8 Å². The van der Waals surface area contributed by atoms with E-state index < -0.39 is 23.3 Å². The number of H-pyrrole nitrogens is 2. The van der Waals surface area contributed by atoms with Crippen molar-refractivity contribution in [3.8, 4) is 0 Å². The van der Waals surface area contributed by atoms with Crippen LogP contribution < -0.4 is 16.6 Å². The summed E-state index contributed by atoms with van der Waals surface area (Å²) in [6, 6.07) is -0.963. The van der Waals surface area contributed by atoms with E-state index in [1.54, 1.807) is 0 Å². The Morgan fingerprint density at radius 1 is 1.57 bits per heavy atom. The average Bonchev–Trinajstić information content (AvgIpc) is 2.09. The van der Waals surface area contributed by atoms with Crippen LogP contribution in [0.25, 0.3) is 0 Å². The van der Waals surface area contributed by atoms with Crippen LogP contribution in [0, 0.1) is 0 Å². The lowest BCUT2D eigenvalue weighted by atomic mass is 10.3. The Hall–Kier alpha value is -2.12. The van der Waals surface area contributed by atoms with Crippen LogP contribution in [0.3, 0.4) is 0 Å². The molecule has 1 atom stereocenters. The van der Waals surface area contributed by atoms with Gasteiger partial charge >= 0.3 is 11.7 Å². The Kier molecular flexibility index (Phi) is 2.65. The van der Waals surface area contributed by atoms with E-state index in [9.17, 15) is 14.4 Å².